The van der Waals surface area contributed by atoms with Gasteiger partial charge in [0.2, 0.25) is 5.91 Å². The minimum absolute atomic E-state index is 0.183. The van der Waals surface area contributed by atoms with Gasteiger partial charge in [-0.2, -0.15) is 11.8 Å². The summed E-state index contributed by atoms with van der Waals surface area (Å²) in [5, 5.41) is 19.3. The van der Waals surface area contributed by atoms with E-state index in [1.807, 2.05) is 0 Å². The topological polar surface area (TPSA) is 95.9 Å². The van der Waals surface area contributed by atoms with Crippen molar-refractivity contribution >= 4 is 23.6 Å². The molecule has 16 heavy (non-hydrogen) atoms. The van der Waals surface area contributed by atoms with Crippen LogP contribution in [0, 0.1) is 0 Å². The number of carboxylic acids is 1. The van der Waals surface area contributed by atoms with Crippen molar-refractivity contribution in [3.05, 3.63) is 0 Å². The number of carbonyl (C=O) groups is 2. The van der Waals surface area contributed by atoms with E-state index < -0.39 is 12.6 Å². The smallest absolute Gasteiger partial charge is 0.329 e. The molecule has 0 aliphatic rings. The third-order valence-corrected chi connectivity index (χ3v) is 2.54. The molecule has 0 heterocycles. The highest BCUT2D eigenvalue weighted by Gasteiger charge is 2.02. The predicted molar refractivity (Wildman–Crippen MR) is 60.5 cm³/mol. The first kappa shape index (κ1) is 15.2. The zero-order valence-corrected chi connectivity index (χ0v) is 9.79. The molecule has 94 valence electrons. The molecule has 0 aromatic rings. The Morgan fingerprint density at radius 3 is 2.62 bits per heavy atom. The van der Waals surface area contributed by atoms with Crippen LogP contribution in [0.1, 0.15) is 6.42 Å². The second-order valence-corrected chi connectivity index (χ2v) is 4.15. The van der Waals surface area contributed by atoms with E-state index in [-0.39, 0.29) is 19.1 Å². The highest BCUT2D eigenvalue weighted by molar-refractivity contribution is 7.99. The minimum atomic E-state index is -1.09. The SMILES string of the molecule is O=C(O)COCC(=O)NCCSCCCO. The number of hydrogen-bond acceptors (Lipinski definition) is 5. The van der Waals surface area contributed by atoms with E-state index in [2.05, 4.69) is 10.1 Å². The summed E-state index contributed by atoms with van der Waals surface area (Å²) in [6, 6.07) is 0. The lowest BCUT2D eigenvalue weighted by atomic mass is 10.5. The Morgan fingerprint density at radius 1 is 1.25 bits per heavy atom. The summed E-state index contributed by atoms with van der Waals surface area (Å²) in [5.74, 6) is 0.225. The van der Waals surface area contributed by atoms with Crippen LogP contribution < -0.4 is 5.32 Å². The van der Waals surface area contributed by atoms with Gasteiger partial charge in [-0.05, 0) is 12.2 Å². The van der Waals surface area contributed by atoms with E-state index in [0.717, 1.165) is 17.9 Å². The number of nitrogens with one attached hydrogen (secondary N) is 1. The lowest BCUT2D eigenvalue weighted by Gasteiger charge is -2.04. The number of hydrogen-bond donors (Lipinski definition) is 3. The lowest BCUT2D eigenvalue weighted by Crippen LogP contribution is -2.30. The van der Waals surface area contributed by atoms with Crippen LogP contribution in [0.3, 0.4) is 0 Å². The Hall–Kier alpha value is -0.790. The fourth-order valence-corrected chi connectivity index (χ4v) is 1.60. The van der Waals surface area contributed by atoms with Gasteiger partial charge in [-0.1, -0.05) is 0 Å². The Balaban J connectivity index is 3.20. The quantitative estimate of drug-likeness (QED) is 0.445. The summed E-state index contributed by atoms with van der Waals surface area (Å²) in [4.78, 5) is 21.1. The van der Waals surface area contributed by atoms with Crippen LogP contribution in [0.25, 0.3) is 0 Å². The number of amides is 1. The van der Waals surface area contributed by atoms with Gasteiger partial charge in [0.15, 0.2) is 0 Å². The van der Waals surface area contributed by atoms with Crippen molar-refractivity contribution in [2.75, 3.05) is 37.9 Å². The highest BCUT2D eigenvalue weighted by Crippen LogP contribution is 1.99. The third kappa shape index (κ3) is 11.3. The number of rotatable bonds is 10. The number of thioether (sulfide) groups is 1. The molecule has 1 amide bonds. The average Bonchev–Trinajstić information content (AvgIpc) is 2.22. The largest absolute Gasteiger partial charge is 0.480 e. The molecule has 0 rings (SSSR count). The molecule has 0 unspecified atom stereocenters. The van der Waals surface area contributed by atoms with E-state index in [0.29, 0.717) is 6.54 Å². The molecular weight excluding hydrogens is 234 g/mol. The molecule has 0 saturated carbocycles. The van der Waals surface area contributed by atoms with Gasteiger partial charge in [0.25, 0.3) is 0 Å². The second kappa shape index (κ2) is 10.7. The van der Waals surface area contributed by atoms with Crippen LogP contribution in [0.5, 0.6) is 0 Å². The van der Waals surface area contributed by atoms with Crippen LogP contribution in [-0.4, -0.2) is 60.0 Å². The summed E-state index contributed by atoms with van der Waals surface area (Å²) in [6.45, 7) is 0.0139. The standard InChI is InChI=1S/C9H17NO5S/c11-3-1-4-16-5-2-10-8(12)6-15-7-9(13)14/h11H,1-7H2,(H,10,12)(H,13,14). The van der Waals surface area contributed by atoms with Crippen LogP contribution in [0.15, 0.2) is 0 Å². The van der Waals surface area contributed by atoms with Crippen LogP contribution in [0.4, 0.5) is 0 Å². The highest BCUT2D eigenvalue weighted by atomic mass is 32.2. The van der Waals surface area contributed by atoms with Crippen LogP contribution in [-0.2, 0) is 14.3 Å². The van der Waals surface area contributed by atoms with Crippen molar-refractivity contribution in [1.29, 1.82) is 0 Å². The summed E-state index contributed by atoms with van der Waals surface area (Å²) in [7, 11) is 0. The molecule has 0 fully saturated rings. The third-order valence-electron chi connectivity index (χ3n) is 1.47. The molecule has 0 aliphatic carbocycles. The number of aliphatic carboxylic acids is 1. The first-order valence-electron chi connectivity index (χ1n) is 4.91. The van der Waals surface area contributed by atoms with Crippen molar-refractivity contribution in [2.45, 2.75) is 6.42 Å². The van der Waals surface area contributed by atoms with Crippen LogP contribution >= 0.6 is 11.8 Å². The minimum Gasteiger partial charge on any atom is -0.480 e. The number of aliphatic hydroxyl groups is 1. The Morgan fingerprint density at radius 2 is 2.00 bits per heavy atom. The molecule has 0 spiro atoms. The molecule has 3 N–H and O–H groups in total. The number of ether oxygens (including phenoxy) is 1. The number of carbonyl (C=O) groups excluding carboxylic acids is 1. The van der Waals surface area contributed by atoms with Crippen molar-refractivity contribution < 1.29 is 24.5 Å². The van der Waals surface area contributed by atoms with E-state index in [1.54, 1.807) is 11.8 Å². The molecule has 0 aromatic heterocycles. The summed E-state index contributed by atoms with van der Waals surface area (Å²) in [5.41, 5.74) is 0. The van der Waals surface area contributed by atoms with Crippen molar-refractivity contribution in [1.82, 2.24) is 5.32 Å². The van der Waals surface area contributed by atoms with E-state index >= 15 is 0 Å². The fourth-order valence-electron chi connectivity index (χ4n) is 0.813. The molecular formula is C9H17NO5S. The molecule has 6 nitrogen and oxygen atoms in total. The van der Waals surface area contributed by atoms with Gasteiger partial charge >= 0.3 is 5.97 Å². The normalized spacial score (nSPS) is 10.1. The molecule has 0 bridgehead atoms. The Labute approximate surface area is 98.4 Å². The van der Waals surface area contributed by atoms with Gasteiger partial charge in [0, 0.05) is 18.9 Å². The first-order chi connectivity index (χ1) is 7.66. The maximum Gasteiger partial charge on any atom is 0.329 e. The van der Waals surface area contributed by atoms with Crippen molar-refractivity contribution in [3.8, 4) is 0 Å². The number of aliphatic hydroxyl groups excluding tert-OH is 1. The lowest BCUT2D eigenvalue weighted by molar-refractivity contribution is -0.143. The molecule has 0 aromatic carbocycles. The predicted octanol–water partition coefficient (Wildman–Crippen LogP) is -0.681. The maximum atomic E-state index is 11.0. The number of carboxylic acid groups (broad SMARTS) is 1. The van der Waals surface area contributed by atoms with Crippen LogP contribution in [0.2, 0.25) is 0 Å². The van der Waals surface area contributed by atoms with E-state index in [9.17, 15) is 9.59 Å². The zero-order chi connectivity index (χ0) is 12.2. The maximum absolute atomic E-state index is 11.0. The summed E-state index contributed by atoms with van der Waals surface area (Å²) < 4.78 is 4.60. The summed E-state index contributed by atoms with van der Waals surface area (Å²) >= 11 is 1.64. The fraction of sp³-hybridized carbons (Fsp3) is 0.778. The van der Waals surface area contributed by atoms with Gasteiger partial charge in [-0.25, -0.2) is 4.79 Å². The molecule has 0 aliphatic heterocycles. The zero-order valence-electron chi connectivity index (χ0n) is 8.98. The van der Waals surface area contributed by atoms with Crippen molar-refractivity contribution in [2.24, 2.45) is 0 Å². The van der Waals surface area contributed by atoms with Crippen molar-refractivity contribution in [3.63, 3.8) is 0 Å². The van der Waals surface area contributed by atoms with Gasteiger partial charge in [0.1, 0.15) is 13.2 Å². The molecule has 7 heteroatoms. The van der Waals surface area contributed by atoms with Gasteiger partial charge in [0.05, 0.1) is 0 Å². The second-order valence-electron chi connectivity index (χ2n) is 2.93. The molecule has 0 saturated heterocycles. The summed E-state index contributed by atoms with van der Waals surface area (Å²) in [6.07, 6.45) is 0.750. The monoisotopic (exact) mass is 251 g/mol. The molecule has 0 atom stereocenters. The first-order valence-corrected chi connectivity index (χ1v) is 6.07. The van der Waals surface area contributed by atoms with E-state index in [1.165, 1.54) is 0 Å². The van der Waals surface area contributed by atoms with E-state index in [4.69, 9.17) is 10.2 Å². The Bertz CT molecular complexity index is 212. The van der Waals surface area contributed by atoms with Gasteiger partial charge in [-0.15, -0.1) is 0 Å². The van der Waals surface area contributed by atoms with Gasteiger partial charge < -0.3 is 20.3 Å². The Kier molecular flexibility index (Phi) is 10.2. The molecule has 0 radical (unpaired) electrons. The van der Waals surface area contributed by atoms with Gasteiger partial charge in [-0.3, -0.25) is 4.79 Å². The average molecular weight is 251 g/mol.